The molecular formula is C59H70N6O12. The fraction of sp³-hybridized carbons (Fsp3) is 0.441. The van der Waals surface area contributed by atoms with Gasteiger partial charge in [-0.25, -0.2) is 14.4 Å². The zero-order valence-electron chi connectivity index (χ0n) is 44.8. The zero-order valence-corrected chi connectivity index (χ0v) is 44.8. The Kier molecular flexibility index (Phi) is 17.5. The molecule has 0 unspecified atom stereocenters. The maximum absolute atomic E-state index is 13.4. The standard InChI is InChI=1S/C32H39N3O7.C27H31N3O5/c1-32(2,3)42-31(38)35(21-22-8-10-27-28(20-22)41-19-18-40-27)23-12-14-33(15-13-23)16-17-34-26-7-5-6-25(30(37)39-4)24(26)9-11-29(34)36;1-33-27(32)22-3-2-4-23-21(22)6-8-26(31)30(23)14-13-29-11-9-20(10-12-29)28-18-19-5-7-24-25(17-19)35-16-15-34-24/h5-11,20,23H,12-19,21H2,1-4H3;2-8,17,20,28H,9-16,18H2,1H3. The van der Waals surface area contributed by atoms with E-state index in [0.717, 1.165) is 92.9 Å². The molecule has 2 aromatic heterocycles. The highest BCUT2D eigenvalue weighted by atomic mass is 16.6. The molecule has 0 bridgehead atoms. The van der Waals surface area contributed by atoms with Crippen LogP contribution >= 0.6 is 0 Å². The van der Waals surface area contributed by atoms with Crippen molar-refractivity contribution in [3.8, 4) is 23.0 Å². The third-order valence-corrected chi connectivity index (χ3v) is 14.5. The van der Waals surface area contributed by atoms with Crippen molar-refractivity contribution in [1.82, 2.24) is 29.2 Å². The van der Waals surface area contributed by atoms with Crippen LogP contribution in [-0.2, 0) is 40.4 Å². The molecule has 0 atom stereocenters. The second kappa shape index (κ2) is 24.7. The predicted molar refractivity (Wildman–Crippen MR) is 291 cm³/mol. The Labute approximate surface area is 448 Å². The topological polar surface area (TPSA) is 182 Å². The van der Waals surface area contributed by atoms with Crippen molar-refractivity contribution < 1.29 is 47.5 Å². The molecule has 1 N–H and O–H groups in total. The van der Waals surface area contributed by atoms with Crippen LogP contribution in [0.5, 0.6) is 23.0 Å². The molecule has 2 fully saturated rings. The van der Waals surface area contributed by atoms with Crippen molar-refractivity contribution in [2.45, 2.75) is 90.3 Å². The first-order chi connectivity index (χ1) is 37.2. The van der Waals surface area contributed by atoms with Crippen LogP contribution in [0.3, 0.4) is 0 Å². The fourth-order valence-corrected chi connectivity index (χ4v) is 10.5. The molecule has 0 radical (unpaired) electrons. The van der Waals surface area contributed by atoms with Gasteiger partial charge < -0.3 is 62.3 Å². The number of benzene rings is 4. The fourth-order valence-electron chi connectivity index (χ4n) is 10.5. The van der Waals surface area contributed by atoms with Crippen molar-refractivity contribution >= 4 is 39.8 Å². The Morgan fingerprint density at radius 1 is 0.584 bits per heavy atom. The number of hydrogen-bond donors (Lipinski definition) is 1. The molecule has 0 saturated carbocycles. The molecule has 2 saturated heterocycles. The highest BCUT2D eigenvalue weighted by molar-refractivity contribution is 6.04. The molecule has 0 aliphatic carbocycles. The first-order valence-electron chi connectivity index (χ1n) is 26.6. The van der Waals surface area contributed by atoms with Crippen LogP contribution in [0, 0.1) is 0 Å². The molecule has 6 aromatic rings. The zero-order chi connectivity index (χ0) is 54.1. The maximum atomic E-state index is 13.4. The molecule has 6 heterocycles. The van der Waals surface area contributed by atoms with Gasteiger partial charge in [-0.05, 0) is 131 Å². The minimum absolute atomic E-state index is 0.00666. The molecule has 18 heteroatoms. The van der Waals surface area contributed by atoms with Gasteiger partial charge in [-0.3, -0.25) is 9.59 Å². The Bertz CT molecular complexity index is 3190. The number of nitrogens with zero attached hydrogens (tertiary/aromatic N) is 5. The number of aromatic nitrogens is 2. The molecule has 10 rings (SSSR count). The summed E-state index contributed by atoms with van der Waals surface area (Å²) in [6, 6.07) is 29.5. The van der Waals surface area contributed by atoms with Gasteiger partial charge in [-0.2, -0.15) is 0 Å². The highest BCUT2D eigenvalue weighted by Crippen LogP contribution is 2.33. The Morgan fingerprint density at radius 2 is 1.05 bits per heavy atom. The van der Waals surface area contributed by atoms with E-state index < -0.39 is 17.5 Å². The van der Waals surface area contributed by atoms with Gasteiger partial charge in [0.1, 0.15) is 32.0 Å². The van der Waals surface area contributed by atoms with Crippen molar-refractivity contribution in [3.05, 3.63) is 140 Å². The van der Waals surface area contributed by atoms with Crippen LogP contribution in [0.1, 0.15) is 78.3 Å². The molecule has 408 valence electrons. The number of amides is 1. The summed E-state index contributed by atoms with van der Waals surface area (Å²) >= 11 is 0. The summed E-state index contributed by atoms with van der Waals surface area (Å²) in [7, 11) is 2.72. The smallest absolute Gasteiger partial charge is 0.410 e. The number of pyridine rings is 2. The van der Waals surface area contributed by atoms with E-state index in [0.29, 0.717) is 92.2 Å². The molecule has 4 aliphatic rings. The summed E-state index contributed by atoms with van der Waals surface area (Å²) in [5, 5.41) is 5.10. The number of piperidine rings is 2. The van der Waals surface area contributed by atoms with Gasteiger partial charge in [0.15, 0.2) is 23.0 Å². The molecule has 77 heavy (non-hydrogen) atoms. The number of carbonyl (C=O) groups is 3. The van der Waals surface area contributed by atoms with Crippen LogP contribution in [0.4, 0.5) is 4.79 Å². The summed E-state index contributed by atoms with van der Waals surface area (Å²) < 4.78 is 41.8. The second-order valence-electron chi connectivity index (χ2n) is 20.7. The highest BCUT2D eigenvalue weighted by Gasteiger charge is 2.32. The summed E-state index contributed by atoms with van der Waals surface area (Å²) in [5.74, 6) is 2.23. The summed E-state index contributed by atoms with van der Waals surface area (Å²) in [5.41, 5.74) is 3.74. The van der Waals surface area contributed by atoms with Crippen molar-refractivity contribution in [2.24, 2.45) is 0 Å². The van der Waals surface area contributed by atoms with E-state index in [1.54, 1.807) is 45.5 Å². The lowest BCUT2D eigenvalue weighted by Crippen LogP contribution is -2.49. The number of ether oxygens (including phenoxy) is 7. The Balaban J connectivity index is 0.000000191. The van der Waals surface area contributed by atoms with Gasteiger partial charge in [0, 0.05) is 87.3 Å². The van der Waals surface area contributed by atoms with Crippen LogP contribution in [0.25, 0.3) is 21.8 Å². The van der Waals surface area contributed by atoms with Crippen LogP contribution in [0.2, 0.25) is 0 Å². The lowest BCUT2D eigenvalue weighted by molar-refractivity contribution is 0.00559. The van der Waals surface area contributed by atoms with E-state index in [1.165, 1.54) is 31.9 Å². The predicted octanol–water partition coefficient (Wildman–Crippen LogP) is 7.27. The molecule has 18 nitrogen and oxygen atoms in total. The molecular weight excluding hydrogens is 985 g/mol. The third-order valence-electron chi connectivity index (χ3n) is 14.5. The summed E-state index contributed by atoms with van der Waals surface area (Å²) in [6.45, 7) is 15.1. The molecule has 4 aliphatic heterocycles. The van der Waals surface area contributed by atoms with Crippen LogP contribution in [-0.4, -0.2) is 139 Å². The summed E-state index contributed by atoms with van der Waals surface area (Å²) in [6.07, 6.45) is 3.34. The second-order valence-corrected chi connectivity index (χ2v) is 20.7. The van der Waals surface area contributed by atoms with Gasteiger partial charge in [-0.15, -0.1) is 0 Å². The normalized spacial score (nSPS) is 16.1. The lowest BCUT2D eigenvalue weighted by atomic mass is 10.0. The van der Waals surface area contributed by atoms with Crippen molar-refractivity contribution in [3.63, 3.8) is 0 Å². The molecule has 1 amide bonds. The van der Waals surface area contributed by atoms with Gasteiger partial charge >= 0.3 is 18.0 Å². The minimum Gasteiger partial charge on any atom is -0.486 e. The number of hydrogen-bond acceptors (Lipinski definition) is 15. The average molecular weight is 1060 g/mol. The van der Waals surface area contributed by atoms with E-state index >= 15 is 0 Å². The quantitative estimate of drug-likeness (QED) is 0.0849. The lowest BCUT2D eigenvalue weighted by Gasteiger charge is -2.39. The van der Waals surface area contributed by atoms with Gasteiger partial charge in [0.05, 0.1) is 36.4 Å². The Morgan fingerprint density at radius 3 is 1.55 bits per heavy atom. The third kappa shape index (κ3) is 13.4. The minimum atomic E-state index is -0.609. The van der Waals surface area contributed by atoms with E-state index in [4.69, 9.17) is 33.2 Å². The summed E-state index contributed by atoms with van der Waals surface area (Å²) in [4.78, 5) is 69.7. The molecule has 0 spiro atoms. The maximum Gasteiger partial charge on any atom is 0.410 e. The largest absolute Gasteiger partial charge is 0.486 e. The van der Waals surface area contributed by atoms with Gasteiger partial charge in [0.25, 0.3) is 11.1 Å². The number of carbonyl (C=O) groups excluding carboxylic acids is 3. The molecule has 4 aromatic carbocycles. The van der Waals surface area contributed by atoms with Crippen LogP contribution < -0.4 is 35.4 Å². The van der Waals surface area contributed by atoms with E-state index in [-0.39, 0.29) is 23.3 Å². The van der Waals surface area contributed by atoms with Crippen LogP contribution in [0.15, 0.2) is 107 Å². The van der Waals surface area contributed by atoms with Crippen molar-refractivity contribution in [1.29, 1.82) is 0 Å². The van der Waals surface area contributed by atoms with E-state index in [1.807, 2.05) is 62.1 Å². The van der Waals surface area contributed by atoms with E-state index in [9.17, 15) is 24.0 Å². The number of esters is 2. The van der Waals surface area contributed by atoms with Crippen molar-refractivity contribution in [2.75, 3.05) is 79.9 Å². The monoisotopic (exact) mass is 1050 g/mol. The van der Waals surface area contributed by atoms with E-state index in [2.05, 4.69) is 27.2 Å². The number of likely N-dealkylation sites (tertiary alicyclic amines) is 2. The first kappa shape index (κ1) is 54.4. The van der Waals surface area contributed by atoms with Gasteiger partial charge in [0.2, 0.25) is 0 Å². The number of fused-ring (bicyclic) bond motifs is 4. The first-order valence-corrected chi connectivity index (χ1v) is 26.6. The number of rotatable bonds is 14. The number of methoxy groups -OCH3 is 2. The SMILES string of the molecule is COC(=O)c1cccc2c1ccc(=O)n2CCN1CCC(N(Cc2ccc3c(c2)OCCO3)C(=O)OC(C)(C)C)CC1.COC(=O)c1cccc2c1ccc(=O)n2CCN1CCC(NCc2ccc3c(c2)OCCO3)CC1. The Hall–Kier alpha value is -7.41. The number of nitrogens with one attached hydrogen (secondary N) is 1. The average Bonchev–Trinajstić information content (AvgIpc) is 3.46. The van der Waals surface area contributed by atoms with Gasteiger partial charge in [-0.1, -0.05) is 24.3 Å².